The number of carbonyl (C=O) groups is 5. The van der Waals surface area contributed by atoms with E-state index in [-0.39, 0.29) is 139 Å². The fraction of sp³-hybridized carbons (Fsp3) is 0. The third kappa shape index (κ3) is 985. The standard InChI is InChI=1S/5CH2O.7BrH.Re/c5*1-2;;;;;;;;/h5*1H2;7*1H;/p-7. The van der Waals surface area contributed by atoms with E-state index < -0.39 is 0 Å². The predicted molar refractivity (Wildman–Crippen MR) is 35.6 cm³/mol. The van der Waals surface area contributed by atoms with Crippen LogP contribution in [0, 0.1) is 0 Å². The van der Waals surface area contributed by atoms with Crippen LogP contribution in [0.2, 0.25) is 0 Å². The van der Waals surface area contributed by atoms with Gasteiger partial charge in [0.05, 0.1) is 0 Å². The molecule has 0 rings (SSSR count). The average molecular weight is 896 g/mol. The summed E-state index contributed by atoms with van der Waals surface area (Å²) >= 11 is 0. The first kappa shape index (κ1) is 141. The number of rotatable bonds is 0. The first-order chi connectivity index (χ1) is 5.00. The van der Waals surface area contributed by atoms with Gasteiger partial charge in [-0.15, -0.1) is 0 Å². The van der Waals surface area contributed by atoms with Crippen molar-refractivity contribution in [1.29, 1.82) is 0 Å². The summed E-state index contributed by atoms with van der Waals surface area (Å²) in [6.07, 6.45) is 0. The van der Waals surface area contributed by atoms with Crippen LogP contribution in [0.25, 0.3) is 0 Å². The molecule has 0 unspecified atom stereocenters. The van der Waals surface area contributed by atoms with Crippen LogP contribution in [0.1, 0.15) is 0 Å². The van der Waals surface area contributed by atoms with Crippen molar-refractivity contribution in [2.45, 2.75) is 0 Å². The number of halogens is 7. The molecule has 0 amide bonds. The zero-order valence-corrected chi connectivity index (χ0v) is 22.4. The van der Waals surface area contributed by atoms with E-state index in [2.05, 4.69) is 0 Å². The zero-order valence-electron chi connectivity index (χ0n) is 8.60. The fourth-order valence-electron chi connectivity index (χ4n) is 0. The van der Waals surface area contributed by atoms with Gasteiger partial charge in [0.2, 0.25) is 0 Å². The third-order valence-corrected chi connectivity index (χ3v) is 0. The van der Waals surface area contributed by atoms with E-state index in [1.165, 1.54) is 0 Å². The van der Waals surface area contributed by atoms with Crippen LogP contribution in [-0.4, -0.2) is 33.9 Å². The molecule has 0 fully saturated rings. The van der Waals surface area contributed by atoms with Crippen LogP contribution in [0.5, 0.6) is 0 Å². The van der Waals surface area contributed by atoms with Crippen molar-refractivity contribution in [2.75, 3.05) is 0 Å². The van der Waals surface area contributed by atoms with Gasteiger partial charge in [0.1, 0.15) is 33.9 Å². The Bertz CT molecular complexity index is 43.8. The minimum Gasteiger partial charge on any atom is -1.00 e. The smallest absolute Gasteiger partial charge is 0.106 e. The summed E-state index contributed by atoms with van der Waals surface area (Å²) in [6.45, 7) is 10.0. The first-order valence-corrected chi connectivity index (χ1v) is 1.44. The van der Waals surface area contributed by atoms with Gasteiger partial charge >= 0.3 is 0 Å². The fourth-order valence-corrected chi connectivity index (χ4v) is 0. The van der Waals surface area contributed by atoms with Crippen molar-refractivity contribution in [2.24, 2.45) is 0 Å². The summed E-state index contributed by atoms with van der Waals surface area (Å²) in [5.74, 6) is 0. The van der Waals surface area contributed by atoms with Crippen molar-refractivity contribution in [1.82, 2.24) is 0 Å². The van der Waals surface area contributed by atoms with E-state index in [1.807, 2.05) is 33.9 Å². The molecule has 1 radical (unpaired) electrons. The largest absolute Gasteiger partial charge is 1.00 e. The van der Waals surface area contributed by atoms with Crippen molar-refractivity contribution in [3.63, 3.8) is 0 Å². The minimum atomic E-state index is 0. The Labute approximate surface area is 194 Å². The normalized spacial score (nSPS) is 1.11. The van der Waals surface area contributed by atoms with E-state index in [0.717, 1.165) is 0 Å². The number of hydrogen-bond donors (Lipinski definition) is 0. The second kappa shape index (κ2) is 1160. The van der Waals surface area contributed by atoms with Crippen LogP contribution in [0.15, 0.2) is 0 Å². The van der Waals surface area contributed by atoms with E-state index in [1.54, 1.807) is 0 Å². The maximum Gasteiger partial charge on any atom is 0.106 e. The summed E-state index contributed by atoms with van der Waals surface area (Å²) in [4.78, 5) is 40.0. The molecule has 0 aromatic rings. The monoisotopic (exact) mass is 889 g/mol. The molecule has 18 heavy (non-hydrogen) atoms. The van der Waals surface area contributed by atoms with Crippen LogP contribution in [0.3, 0.4) is 0 Å². The summed E-state index contributed by atoms with van der Waals surface area (Å²) in [5.41, 5.74) is 0. The molecular weight excluding hydrogens is 886 g/mol. The SMILES string of the molecule is C=O.C=O.C=O.C=O.C=O.[Br-].[Br-].[Br-].[Br-].[Br-].[Br-].[Br-].[Re]. The van der Waals surface area contributed by atoms with E-state index in [9.17, 15) is 0 Å². The van der Waals surface area contributed by atoms with Gasteiger partial charge in [-0.05, 0) is 0 Å². The van der Waals surface area contributed by atoms with Crippen LogP contribution in [-0.2, 0) is 44.4 Å². The Kier molecular flexibility index (Phi) is 9080. The minimum absolute atomic E-state index is 0. The van der Waals surface area contributed by atoms with Gasteiger partial charge in [0, 0.05) is 20.4 Å². The van der Waals surface area contributed by atoms with Gasteiger partial charge in [0.15, 0.2) is 0 Å². The molecule has 5 nitrogen and oxygen atoms in total. The molecule has 0 aliphatic rings. The van der Waals surface area contributed by atoms with Crippen molar-refractivity contribution >= 4 is 33.9 Å². The summed E-state index contributed by atoms with van der Waals surface area (Å²) < 4.78 is 0. The summed E-state index contributed by atoms with van der Waals surface area (Å²) in [6, 6.07) is 0. The first-order valence-electron chi connectivity index (χ1n) is 1.44. The topological polar surface area (TPSA) is 85.3 Å². The molecular formula is C5H10Br7O5Re-7. The molecule has 0 aliphatic heterocycles. The van der Waals surface area contributed by atoms with E-state index in [0.29, 0.717) is 0 Å². The van der Waals surface area contributed by atoms with Gasteiger partial charge in [-0.3, -0.25) is 0 Å². The quantitative estimate of drug-likeness (QED) is 0.242. The van der Waals surface area contributed by atoms with E-state index >= 15 is 0 Å². The molecule has 0 bridgehead atoms. The molecule has 0 N–H and O–H groups in total. The van der Waals surface area contributed by atoms with Gasteiger partial charge < -0.3 is 143 Å². The summed E-state index contributed by atoms with van der Waals surface area (Å²) in [5, 5.41) is 0. The molecule has 0 atom stereocenters. The maximum absolute atomic E-state index is 8.00. The second-order valence-electron chi connectivity index (χ2n) is 0. The second-order valence-corrected chi connectivity index (χ2v) is 0. The Morgan fingerprint density at radius 3 is 0.278 bits per heavy atom. The number of hydrogen-bond acceptors (Lipinski definition) is 5. The Morgan fingerprint density at radius 1 is 0.278 bits per heavy atom. The molecule has 0 saturated carbocycles. The average Bonchev–Trinajstić information content (AvgIpc) is 2.20. The van der Waals surface area contributed by atoms with Crippen molar-refractivity contribution < 1.29 is 163 Å². The Hall–Kier alpha value is 2.37. The predicted octanol–water partition coefficient (Wildman–Crippen LogP) is -21.9. The Morgan fingerprint density at radius 2 is 0.278 bits per heavy atom. The van der Waals surface area contributed by atoms with Gasteiger partial charge in [-0.1, -0.05) is 0 Å². The summed E-state index contributed by atoms with van der Waals surface area (Å²) in [7, 11) is 0. The molecule has 0 heterocycles. The van der Waals surface area contributed by atoms with Crippen LogP contribution in [0.4, 0.5) is 0 Å². The van der Waals surface area contributed by atoms with E-state index in [4.69, 9.17) is 24.0 Å². The van der Waals surface area contributed by atoms with Crippen LogP contribution < -0.4 is 119 Å². The third-order valence-electron chi connectivity index (χ3n) is 0. The molecule has 0 aromatic carbocycles. The van der Waals surface area contributed by atoms with Crippen molar-refractivity contribution in [3.8, 4) is 0 Å². The van der Waals surface area contributed by atoms with Crippen molar-refractivity contribution in [3.05, 3.63) is 0 Å². The van der Waals surface area contributed by atoms with Gasteiger partial charge in [-0.2, -0.15) is 0 Å². The van der Waals surface area contributed by atoms with Gasteiger partial charge in [0.25, 0.3) is 0 Å². The molecule has 13 heteroatoms. The molecule has 123 valence electrons. The number of carbonyl (C=O) groups excluding carboxylic acids is 5. The van der Waals surface area contributed by atoms with Crippen LogP contribution >= 0.6 is 0 Å². The molecule has 0 saturated heterocycles. The molecule has 0 aliphatic carbocycles. The maximum atomic E-state index is 8.00. The zero-order chi connectivity index (χ0) is 10.0. The molecule has 0 aromatic heterocycles. The van der Waals surface area contributed by atoms with Gasteiger partial charge in [-0.25, -0.2) is 0 Å². The molecule has 0 spiro atoms. The Balaban J connectivity index is -0.00000000142.